The average Bonchev–Trinajstić information content (AvgIpc) is 3.37. The monoisotopic (exact) mass is 395 g/mol. The van der Waals surface area contributed by atoms with Gasteiger partial charge in [-0.05, 0) is 44.0 Å². The Balaban J connectivity index is 1.61. The number of benzene rings is 1. The van der Waals surface area contributed by atoms with Gasteiger partial charge in [-0.15, -0.1) is 10.2 Å². The number of hydrogen-bond donors (Lipinski definition) is 2. The minimum Gasteiger partial charge on any atom is -0.372 e. The van der Waals surface area contributed by atoms with Crippen LogP contribution in [-0.2, 0) is 6.54 Å². The van der Waals surface area contributed by atoms with Gasteiger partial charge in [0.2, 0.25) is 0 Å². The number of aliphatic hydroxyl groups is 1. The van der Waals surface area contributed by atoms with Crippen LogP contribution in [0.25, 0.3) is 11.5 Å². The van der Waals surface area contributed by atoms with Crippen LogP contribution in [0.4, 0.5) is 5.69 Å². The Morgan fingerprint density at radius 2 is 1.86 bits per heavy atom. The molecule has 2 aromatic heterocycles. The second kappa shape index (κ2) is 8.32. The van der Waals surface area contributed by atoms with Gasteiger partial charge in [0.1, 0.15) is 11.9 Å². The van der Waals surface area contributed by atoms with Crippen molar-refractivity contribution >= 4 is 17.4 Å². The quantitative estimate of drug-likeness (QED) is 0.584. The Bertz CT molecular complexity index is 894. The van der Waals surface area contributed by atoms with Crippen molar-refractivity contribution < 1.29 is 5.11 Å². The number of rotatable bonds is 7. The molecule has 146 valence electrons. The first-order chi connectivity index (χ1) is 13.7. The molecule has 1 atom stereocenters. The third kappa shape index (κ3) is 3.77. The van der Waals surface area contributed by atoms with Gasteiger partial charge in [0.25, 0.3) is 0 Å². The molecule has 0 amide bonds. The Hall–Kier alpha value is -2.38. The molecule has 1 unspecified atom stereocenters. The molecule has 1 aromatic carbocycles. The van der Waals surface area contributed by atoms with Crippen molar-refractivity contribution in [3.63, 3.8) is 0 Å². The molecular weight excluding hydrogens is 370 g/mol. The molecule has 7 heteroatoms. The number of aromatic nitrogens is 4. The van der Waals surface area contributed by atoms with Crippen molar-refractivity contribution in [1.82, 2.24) is 19.7 Å². The lowest BCUT2D eigenvalue weighted by Crippen LogP contribution is -2.42. The molecule has 0 bridgehead atoms. The van der Waals surface area contributed by atoms with Gasteiger partial charge in [0, 0.05) is 18.4 Å². The van der Waals surface area contributed by atoms with Crippen LogP contribution in [-0.4, -0.2) is 35.8 Å². The summed E-state index contributed by atoms with van der Waals surface area (Å²) < 4.78 is 1.76. The molecule has 0 saturated heterocycles. The summed E-state index contributed by atoms with van der Waals surface area (Å²) in [6.07, 6.45) is 5.19. The molecule has 1 saturated carbocycles. The zero-order valence-electron chi connectivity index (χ0n) is 16.0. The van der Waals surface area contributed by atoms with E-state index in [1.54, 1.807) is 18.0 Å². The van der Waals surface area contributed by atoms with Crippen molar-refractivity contribution in [2.24, 2.45) is 0 Å². The second-order valence-corrected chi connectivity index (χ2v) is 8.43. The van der Waals surface area contributed by atoms with Crippen molar-refractivity contribution in [2.45, 2.75) is 55.3 Å². The van der Waals surface area contributed by atoms with Gasteiger partial charge < -0.3 is 15.0 Å². The summed E-state index contributed by atoms with van der Waals surface area (Å²) >= 11 is 1.64. The highest BCUT2D eigenvalue weighted by Gasteiger charge is 2.43. The summed E-state index contributed by atoms with van der Waals surface area (Å²) in [5, 5.41) is 24.1. The highest BCUT2D eigenvalue weighted by molar-refractivity contribution is 8.00. The summed E-state index contributed by atoms with van der Waals surface area (Å²) in [5.41, 5.74) is 1.74. The van der Waals surface area contributed by atoms with Gasteiger partial charge in [-0.2, -0.15) is 0 Å². The van der Waals surface area contributed by atoms with Gasteiger partial charge in [0.15, 0.2) is 11.0 Å². The van der Waals surface area contributed by atoms with Crippen LogP contribution < -0.4 is 5.32 Å². The third-order valence-corrected chi connectivity index (χ3v) is 6.77. The number of nitrogens with zero attached hydrogens (tertiary/aromatic N) is 4. The lowest BCUT2D eigenvalue weighted by Gasteiger charge is -2.34. The van der Waals surface area contributed by atoms with Crippen LogP contribution in [0.2, 0.25) is 0 Å². The molecule has 0 spiro atoms. The first-order valence-corrected chi connectivity index (χ1v) is 10.6. The van der Waals surface area contributed by atoms with E-state index < -0.39 is 6.23 Å². The zero-order valence-corrected chi connectivity index (χ0v) is 16.8. The molecule has 28 heavy (non-hydrogen) atoms. The topological polar surface area (TPSA) is 75.9 Å². The first kappa shape index (κ1) is 19.0. The number of nitrogens with one attached hydrogen (secondary N) is 1. The normalized spacial score (nSPS) is 16.8. The van der Waals surface area contributed by atoms with Gasteiger partial charge >= 0.3 is 0 Å². The van der Waals surface area contributed by atoms with E-state index in [0.717, 1.165) is 54.6 Å². The smallest absolute Gasteiger partial charge is 0.192 e. The minimum absolute atomic E-state index is 0.322. The SMILES string of the molecule is CCn1c(SC2(C(O)Nc3ccccc3)CCCC2)nnc1-c1ccccn1. The largest absolute Gasteiger partial charge is 0.372 e. The fraction of sp³-hybridized carbons (Fsp3) is 0.381. The maximum atomic E-state index is 11.1. The van der Waals surface area contributed by atoms with Crippen LogP contribution in [0.3, 0.4) is 0 Å². The molecule has 0 aliphatic heterocycles. The molecule has 1 aliphatic carbocycles. The number of aliphatic hydroxyl groups excluding tert-OH is 1. The predicted octanol–water partition coefficient (Wildman–Crippen LogP) is 4.20. The molecule has 2 N–H and O–H groups in total. The van der Waals surface area contributed by atoms with Crippen molar-refractivity contribution in [3.8, 4) is 11.5 Å². The van der Waals surface area contributed by atoms with E-state index >= 15 is 0 Å². The maximum absolute atomic E-state index is 11.1. The van der Waals surface area contributed by atoms with E-state index in [1.165, 1.54) is 0 Å². The van der Waals surface area contributed by atoms with Crippen LogP contribution in [0.5, 0.6) is 0 Å². The third-order valence-electron chi connectivity index (χ3n) is 5.25. The van der Waals surface area contributed by atoms with E-state index in [1.807, 2.05) is 48.5 Å². The molecule has 0 radical (unpaired) electrons. The maximum Gasteiger partial charge on any atom is 0.192 e. The van der Waals surface area contributed by atoms with Gasteiger partial charge in [-0.1, -0.05) is 48.9 Å². The lowest BCUT2D eigenvalue weighted by atomic mass is 10.0. The van der Waals surface area contributed by atoms with E-state index in [4.69, 9.17) is 0 Å². The summed E-state index contributed by atoms with van der Waals surface area (Å²) in [6.45, 7) is 2.83. The number of hydrogen-bond acceptors (Lipinski definition) is 6. The summed E-state index contributed by atoms with van der Waals surface area (Å²) in [4.78, 5) is 4.42. The molecule has 3 aromatic rings. The fourth-order valence-electron chi connectivity index (χ4n) is 3.74. The average molecular weight is 396 g/mol. The van der Waals surface area contributed by atoms with E-state index in [9.17, 15) is 5.11 Å². The zero-order chi connectivity index (χ0) is 19.4. The van der Waals surface area contributed by atoms with Crippen LogP contribution in [0.1, 0.15) is 32.6 Å². The van der Waals surface area contributed by atoms with Gasteiger partial charge in [0.05, 0.1) is 4.75 Å². The Labute approximate surface area is 169 Å². The van der Waals surface area contributed by atoms with Crippen LogP contribution >= 0.6 is 11.8 Å². The van der Waals surface area contributed by atoms with Crippen molar-refractivity contribution in [1.29, 1.82) is 0 Å². The van der Waals surface area contributed by atoms with Crippen LogP contribution in [0.15, 0.2) is 59.9 Å². The van der Waals surface area contributed by atoms with E-state index in [2.05, 4.69) is 32.0 Å². The molecular formula is C21H25N5OS. The number of anilines is 1. The van der Waals surface area contributed by atoms with Crippen LogP contribution in [0, 0.1) is 0 Å². The minimum atomic E-state index is -0.664. The fourth-order valence-corrected chi connectivity index (χ4v) is 5.18. The molecule has 1 fully saturated rings. The predicted molar refractivity (Wildman–Crippen MR) is 112 cm³/mol. The summed E-state index contributed by atoms with van der Waals surface area (Å²) in [6, 6.07) is 15.7. The molecule has 2 heterocycles. The molecule has 6 nitrogen and oxygen atoms in total. The van der Waals surface area contributed by atoms with Gasteiger partial charge in [-0.25, -0.2) is 0 Å². The highest BCUT2D eigenvalue weighted by atomic mass is 32.2. The van der Waals surface area contributed by atoms with Crippen molar-refractivity contribution in [2.75, 3.05) is 5.32 Å². The van der Waals surface area contributed by atoms with Gasteiger partial charge in [-0.3, -0.25) is 4.98 Å². The van der Waals surface area contributed by atoms with E-state index in [0.29, 0.717) is 0 Å². The number of para-hydroxylation sites is 1. The molecule has 1 aliphatic rings. The van der Waals surface area contributed by atoms with Crippen molar-refractivity contribution in [3.05, 3.63) is 54.7 Å². The first-order valence-electron chi connectivity index (χ1n) is 9.75. The number of thioether (sulfide) groups is 1. The Kier molecular flexibility index (Phi) is 5.64. The second-order valence-electron chi connectivity index (χ2n) is 7.05. The Morgan fingerprint density at radius 3 is 2.54 bits per heavy atom. The summed E-state index contributed by atoms with van der Waals surface area (Å²) in [7, 11) is 0. The standard InChI is InChI=1S/C21H25N5OS/c1-2-26-18(17-12-6-9-15-22-17)24-25-20(26)28-21(13-7-8-14-21)19(27)23-16-10-4-3-5-11-16/h3-6,9-12,15,19,23,27H,2,7-8,13-14H2,1H3. The summed E-state index contributed by atoms with van der Waals surface area (Å²) in [5.74, 6) is 0.768. The molecule has 4 rings (SSSR count). The number of pyridine rings is 1. The highest BCUT2D eigenvalue weighted by Crippen LogP contribution is 2.47. The van der Waals surface area contributed by atoms with E-state index in [-0.39, 0.29) is 4.75 Å². The lowest BCUT2D eigenvalue weighted by molar-refractivity contribution is 0.156. The Morgan fingerprint density at radius 1 is 1.11 bits per heavy atom.